The van der Waals surface area contributed by atoms with E-state index in [1.165, 1.54) is 17.4 Å². The number of alkyl halides is 3. The number of nitriles is 1. The van der Waals surface area contributed by atoms with Gasteiger partial charge in [0.25, 0.3) is 0 Å². The van der Waals surface area contributed by atoms with Crippen LogP contribution in [0.4, 0.5) is 13.2 Å². The first kappa shape index (κ1) is 18.3. The van der Waals surface area contributed by atoms with E-state index < -0.39 is 11.7 Å². The molecule has 0 atom stereocenters. The molecule has 0 amide bonds. The van der Waals surface area contributed by atoms with Gasteiger partial charge in [-0.2, -0.15) is 18.4 Å². The number of aromatic nitrogens is 1. The van der Waals surface area contributed by atoms with Gasteiger partial charge >= 0.3 is 6.18 Å². The highest BCUT2D eigenvalue weighted by molar-refractivity contribution is 7.19. The van der Waals surface area contributed by atoms with Gasteiger partial charge in [-0.3, -0.25) is 0 Å². The van der Waals surface area contributed by atoms with Crippen LogP contribution in [-0.2, 0) is 6.18 Å². The minimum Gasteiger partial charge on any atom is -0.490 e. The normalized spacial score (nSPS) is 14.6. The van der Waals surface area contributed by atoms with Crippen LogP contribution in [0.15, 0.2) is 36.4 Å². The maximum absolute atomic E-state index is 12.9. The van der Waals surface area contributed by atoms with Gasteiger partial charge in [0.15, 0.2) is 11.5 Å². The lowest BCUT2D eigenvalue weighted by atomic mass is 10.1. The number of fused-ring (bicyclic) bond motifs is 2. The fourth-order valence-electron chi connectivity index (χ4n) is 2.85. The van der Waals surface area contributed by atoms with Gasteiger partial charge in [0, 0.05) is 12.0 Å². The zero-order valence-electron chi connectivity index (χ0n) is 14.4. The molecule has 0 N–H and O–H groups in total. The second-order valence-corrected chi connectivity index (χ2v) is 7.12. The third-order valence-corrected chi connectivity index (χ3v) is 5.24. The van der Waals surface area contributed by atoms with Crippen molar-refractivity contribution in [3.63, 3.8) is 0 Å². The van der Waals surface area contributed by atoms with Crippen molar-refractivity contribution in [2.75, 3.05) is 13.2 Å². The smallest absolute Gasteiger partial charge is 0.416 e. The van der Waals surface area contributed by atoms with Crippen molar-refractivity contribution in [3.05, 3.63) is 52.5 Å². The van der Waals surface area contributed by atoms with Crippen molar-refractivity contribution in [2.24, 2.45) is 0 Å². The molecule has 0 saturated heterocycles. The highest BCUT2D eigenvalue weighted by Crippen LogP contribution is 2.37. The third-order valence-electron chi connectivity index (χ3n) is 4.17. The molecule has 0 radical (unpaired) electrons. The molecule has 2 aromatic carbocycles. The highest BCUT2D eigenvalue weighted by atomic mass is 32.1. The van der Waals surface area contributed by atoms with Gasteiger partial charge in [0.1, 0.15) is 11.1 Å². The van der Waals surface area contributed by atoms with Crippen molar-refractivity contribution in [3.8, 4) is 17.6 Å². The summed E-state index contributed by atoms with van der Waals surface area (Å²) in [6.07, 6.45) is -2.07. The Morgan fingerprint density at radius 2 is 2.00 bits per heavy atom. The van der Waals surface area contributed by atoms with Crippen LogP contribution < -0.4 is 9.47 Å². The van der Waals surface area contributed by atoms with E-state index in [1.807, 2.05) is 0 Å². The van der Waals surface area contributed by atoms with E-state index in [9.17, 15) is 18.4 Å². The van der Waals surface area contributed by atoms with Gasteiger partial charge in [0.05, 0.1) is 34.6 Å². The van der Waals surface area contributed by atoms with Crippen molar-refractivity contribution < 1.29 is 22.6 Å². The molecule has 3 aromatic rings. The average molecular weight is 402 g/mol. The summed E-state index contributed by atoms with van der Waals surface area (Å²) in [7, 11) is 0. The maximum atomic E-state index is 12.9. The van der Waals surface area contributed by atoms with Gasteiger partial charge in [0.2, 0.25) is 0 Å². The van der Waals surface area contributed by atoms with Crippen molar-refractivity contribution in [1.29, 1.82) is 5.26 Å². The van der Waals surface area contributed by atoms with Crippen LogP contribution in [0.5, 0.6) is 11.5 Å². The van der Waals surface area contributed by atoms with Crippen LogP contribution in [0.1, 0.15) is 22.6 Å². The van der Waals surface area contributed by atoms with Crippen LogP contribution >= 0.6 is 11.3 Å². The summed E-state index contributed by atoms with van der Waals surface area (Å²) >= 11 is 1.17. The SMILES string of the molecule is N#CC(=Cc1cccc2c1OCCCO2)c1nc2cc(C(F)(F)F)ccc2s1. The minimum absolute atomic E-state index is 0.211. The summed E-state index contributed by atoms with van der Waals surface area (Å²) < 4.78 is 50.7. The van der Waals surface area contributed by atoms with Gasteiger partial charge in [-0.05, 0) is 30.3 Å². The zero-order chi connectivity index (χ0) is 19.7. The lowest BCUT2D eigenvalue weighted by molar-refractivity contribution is -0.137. The maximum Gasteiger partial charge on any atom is 0.416 e. The Morgan fingerprint density at radius 1 is 1.18 bits per heavy atom. The lowest BCUT2D eigenvalue weighted by Crippen LogP contribution is -2.03. The Hall–Kier alpha value is -3.05. The molecule has 8 heteroatoms. The number of hydrogen-bond acceptors (Lipinski definition) is 5. The van der Waals surface area contributed by atoms with Gasteiger partial charge in [-0.15, -0.1) is 11.3 Å². The van der Waals surface area contributed by atoms with E-state index in [0.29, 0.717) is 40.0 Å². The first-order valence-electron chi connectivity index (χ1n) is 8.44. The van der Waals surface area contributed by atoms with E-state index in [4.69, 9.17) is 9.47 Å². The summed E-state index contributed by atoms with van der Waals surface area (Å²) in [5.41, 5.74) is 0.350. The molecule has 142 valence electrons. The summed E-state index contributed by atoms with van der Waals surface area (Å²) in [6, 6.07) is 10.8. The second kappa shape index (κ2) is 7.17. The van der Waals surface area contributed by atoms with E-state index in [2.05, 4.69) is 11.1 Å². The third kappa shape index (κ3) is 3.53. The molecule has 0 bridgehead atoms. The number of para-hydroxylation sites is 1. The van der Waals surface area contributed by atoms with Crippen LogP contribution in [0, 0.1) is 11.3 Å². The number of nitrogens with zero attached hydrogens (tertiary/aromatic N) is 2. The summed E-state index contributed by atoms with van der Waals surface area (Å²) in [6.45, 7) is 1.05. The van der Waals surface area contributed by atoms with E-state index in [1.54, 1.807) is 24.3 Å². The van der Waals surface area contributed by atoms with Crippen LogP contribution in [0.25, 0.3) is 21.9 Å². The molecular formula is C20H13F3N2O2S. The van der Waals surface area contributed by atoms with Crippen LogP contribution in [-0.4, -0.2) is 18.2 Å². The molecule has 1 aliphatic rings. The number of rotatable bonds is 2. The number of thiazole rings is 1. The fraction of sp³-hybridized carbons (Fsp3) is 0.200. The molecule has 4 rings (SSSR count). The molecule has 0 spiro atoms. The molecule has 0 aliphatic carbocycles. The van der Waals surface area contributed by atoms with E-state index in [-0.39, 0.29) is 11.1 Å². The Bertz CT molecular complexity index is 1110. The zero-order valence-corrected chi connectivity index (χ0v) is 15.2. The lowest BCUT2D eigenvalue weighted by Gasteiger charge is -2.10. The first-order valence-corrected chi connectivity index (χ1v) is 9.26. The first-order chi connectivity index (χ1) is 13.5. The topological polar surface area (TPSA) is 55.1 Å². The predicted molar refractivity (Wildman–Crippen MR) is 100 cm³/mol. The predicted octanol–water partition coefficient (Wildman–Crippen LogP) is 5.54. The molecule has 2 heterocycles. The molecule has 0 unspecified atom stereocenters. The largest absolute Gasteiger partial charge is 0.490 e. The standard InChI is InChI=1S/C20H13F3N2O2S/c21-20(22,23)14-5-6-17-15(10-14)25-19(28-17)13(11-24)9-12-3-1-4-16-18(12)27-8-2-7-26-16/h1,3-6,9-10H,2,7-8H2. The quantitative estimate of drug-likeness (QED) is 0.528. The van der Waals surface area contributed by atoms with Gasteiger partial charge in [-0.1, -0.05) is 12.1 Å². The van der Waals surface area contributed by atoms with Crippen molar-refractivity contribution >= 4 is 33.2 Å². The van der Waals surface area contributed by atoms with Crippen LogP contribution in [0.2, 0.25) is 0 Å². The number of halogens is 3. The molecular weight excluding hydrogens is 389 g/mol. The molecule has 1 aromatic heterocycles. The second-order valence-electron chi connectivity index (χ2n) is 6.09. The monoisotopic (exact) mass is 402 g/mol. The fourth-order valence-corrected chi connectivity index (χ4v) is 3.76. The van der Waals surface area contributed by atoms with E-state index in [0.717, 1.165) is 18.6 Å². The molecule has 28 heavy (non-hydrogen) atoms. The van der Waals surface area contributed by atoms with Gasteiger partial charge in [-0.25, -0.2) is 4.98 Å². The minimum atomic E-state index is -4.44. The Balaban J connectivity index is 1.77. The van der Waals surface area contributed by atoms with Crippen molar-refractivity contribution in [2.45, 2.75) is 12.6 Å². The van der Waals surface area contributed by atoms with Crippen LogP contribution in [0.3, 0.4) is 0 Å². The van der Waals surface area contributed by atoms with Gasteiger partial charge < -0.3 is 9.47 Å². The van der Waals surface area contributed by atoms with Crippen molar-refractivity contribution in [1.82, 2.24) is 4.98 Å². The number of ether oxygens (including phenoxy) is 2. The molecule has 0 fully saturated rings. The Kier molecular flexibility index (Phi) is 4.69. The highest BCUT2D eigenvalue weighted by Gasteiger charge is 2.30. The summed E-state index contributed by atoms with van der Waals surface area (Å²) in [4.78, 5) is 4.24. The summed E-state index contributed by atoms with van der Waals surface area (Å²) in [5, 5.41) is 9.96. The molecule has 0 saturated carbocycles. The molecule has 4 nitrogen and oxygen atoms in total. The van der Waals surface area contributed by atoms with E-state index >= 15 is 0 Å². The summed E-state index contributed by atoms with van der Waals surface area (Å²) in [5.74, 6) is 1.15. The number of hydrogen-bond donors (Lipinski definition) is 0. The Morgan fingerprint density at radius 3 is 2.79 bits per heavy atom. The molecule has 1 aliphatic heterocycles. The average Bonchev–Trinajstić information content (AvgIpc) is 2.94. The number of allylic oxidation sites excluding steroid dienone is 1. The Labute approximate surface area is 162 Å². The number of benzene rings is 2.